The molecule has 7 rings (SSSR count). The molecule has 1 aromatic heterocycles. The Balaban J connectivity index is 1.26. The van der Waals surface area contributed by atoms with Crippen LogP contribution in [0.4, 0.5) is 0 Å². The van der Waals surface area contributed by atoms with Crippen LogP contribution in [0.25, 0.3) is 11.8 Å². The molecule has 4 aliphatic carbocycles. The summed E-state index contributed by atoms with van der Waals surface area (Å²) in [6.07, 6.45) is 6.76. The summed E-state index contributed by atoms with van der Waals surface area (Å²) in [5.41, 5.74) is 2.78. The van der Waals surface area contributed by atoms with E-state index in [1.165, 1.54) is 11.1 Å². The number of nitrogens with zero attached hydrogens (tertiary/aromatic N) is 2. The van der Waals surface area contributed by atoms with E-state index in [0.29, 0.717) is 6.42 Å². The number of carbonyl (C=O) groups excluding carboxylic acids is 1. The van der Waals surface area contributed by atoms with Crippen molar-refractivity contribution in [2.75, 3.05) is 6.61 Å². The van der Waals surface area contributed by atoms with E-state index < -0.39 is 30.0 Å². The van der Waals surface area contributed by atoms with Crippen LogP contribution < -0.4 is 0 Å². The van der Waals surface area contributed by atoms with Crippen LogP contribution in [-0.2, 0) is 20.7 Å². The zero-order valence-corrected chi connectivity index (χ0v) is 23.6. The Morgan fingerprint density at radius 2 is 2.03 bits per heavy atom. The van der Waals surface area contributed by atoms with Crippen molar-refractivity contribution in [2.45, 2.75) is 77.0 Å². The van der Waals surface area contributed by atoms with E-state index >= 15 is 0 Å². The Hall–Kier alpha value is -1.84. The molecular formula is C30H35BrN2O5. The van der Waals surface area contributed by atoms with E-state index in [-0.39, 0.29) is 35.1 Å². The van der Waals surface area contributed by atoms with Gasteiger partial charge in [0.2, 0.25) is 0 Å². The monoisotopic (exact) mass is 582 g/mol. The van der Waals surface area contributed by atoms with Gasteiger partial charge in [-0.3, -0.25) is 4.79 Å². The van der Waals surface area contributed by atoms with Gasteiger partial charge in [0.15, 0.2) is 17.7 Å². The number of aliphatic hydroxyl groups excluding tert-OH is 2. The Morgan fingerprint density at radius 1 is 1.26 bits per heavy atom. The van der Waals surface area contributed by atoms with Gasteiger partial charge in [0.25, 0.3) is 0 Å². The van der Waals surface area contributed by atoms with Crippen molar-refractivity contribution >= 4 is 27.8 Å². The van der Waals surface area contributed by atoms with E-state index in [2.05, 4.69) is 48.0 Å². The largest absolute Gasteiger partial charge is 0.393 e. The van der Waals surface area contributed by atoms with Crippen LogP contribution in [0.3, 0.4) is 0 Å². The highest BCUT2D eigenvalue weighted by atomic mass is 79.9. The molecule has 2 N–H and O–H groups in total. The summed E-state index contributed by atoms with van der Waals surface area (Å²) in [7, 11) is 0. The van der Waals surface area contributed by atoms with Crippen molar-refractivity contribution in [3.05, 3.63) is 51.8 Å². The lowest BCUT2D eigenvalue weighted by molar-refractivity contribution is -0.199. The Bertz CT molecular complexity index is 1340. The maximum atomic E-state index is 13.3. The first kappa shape index (κ1) is 25.1. The number of fused-ring (bicyclic) bond motifs is 8. The predicted molar refractivity (Wildman–Crippen MR) is 144 cm³/mol. The van der Waals surface area contributed by atoms with Gasteiger partial charge in [-0.25, -0.2) is 4.68 Å². The molecule has 4 fully saturated rings. The summed E-state index contributed by atoms with van der Waals surface area (Å²) in [5.74, 6) is 0.176. The summed E-state index contributed by atoms with van der Waals surface area (Å²) >= 11 is 3.52. The molecule has 9 atom stereocenters. The van der Waals surface area contributed by atoms with Crippen molar-refractivity contribution in [3.63, 3.8) is 0 Å². The van der Waals surface area contributed by atoms with E-state index in [1.54, 1.807) is 0 Å². The number of carbonyl (C=O) groups is 1. The van der Waals surface area contributed by atoms with Crippen molar-refractivity contribution < 1.29 is 24.5 Å². The van der Waals surface area contributed by atoms with Gasteiger partial charge in [0, 0.05) is 9.89 Å². The molecule has 38 heavy (non-hydrogen) atoms. The molecule has 3 saturated carbocycles. The number of halogens is 1. The fourth-order valence-electron chi connectivity index (χ4n) is 9.51. The fourth-order valence-corrected chi connectivity index (χ4v) is 9.77. The molecular weight excluding hydrogens is 548 g/mol. The van der Waals surface area contributed by atoms with E-state index in [0.717, 1.165) is 41.5 Å². The summed E-state index contributed by atoms with van der Waals surface area (Å²) in [6, 6.07) is 8.20. The number of hydrogen-bond donors (Lipinski definition) is 2. The van der Waals surface area contributed by atoms with Crippen molar-refractivity contribution in [2.24, 2.45) is 28.6 Å². The molecule has 2 heterocycles. The summed E-state index contributed by atoms with van der Waals surface area (Å²) in [5, 5.41) is 26.6. The first-order valence-corrected chi connectivity index (χ1v) is 14.6. The number of aromatic nitrogens is 2. The molecule has 5 aliphatic rings. The van der Waals surface area contributed by atoms with E-state index in [1.807, 2.05) is 29.9 Å². The van der Waals surface area contributed by atoms with Gasteiger partial charge in [0.1, 0.15) is 6.61 Å². The van der Waals surface area contributed by atoms with E-state index in [4.69, 9.17) is 14.6 Å². The Kier molecular flexibility index (Phi) is 5.52. The second-order valence-corrected chi connectivity index (χ2v) is 13.5. The molecule has 8 heteroatoms. The van der Waals surface area contributed by atoms with Gasteiger partial charge in [-0.1, -0.05) is 35.4 Å². The number of ether oxygens (including phenoxy) is 2. The van der Waals surface area contributed by atoms with Crippen LogP contribution in [0.1, 0.15) is 57.7 Å². The average Bonchev–Trinajstić information content (AvgIpc) is 3.51. The van der Waals surface area contributed by atoms with Gasteiger partial charge in [0.05, 0.1) is 29.8 Å². The minimum atomic E-state index is -1.19. The minimum Gasteiger partial charge on any atom is -0.393 e. The van der Waals surface area contributed by atoms with Crippen molar-refractivity contribution in [1.29, 1.82) is 0 Å². The van der Waals surface area contributed by atoms with Crippen LogP contribution in [-0.4, -0.2) is 56.5 Å². The van der Waals surface area contributed by atoms with Crippen LogP contribution in [0.2, 0.25) is 0 Å². The topological polar surface area (TPSA) is 93.8 Å². The van der Waals surface area contributed by atoms with Crippen LogP contribution >= 0.6 is 15.9 Å². The number of aliphatic hydroxyl groups is 2. The number of allylic oxidation sites excluding steroid dienone is 1. The quantitative estimate of drug-likeness (QED) is 0.555. The highest BCUT2D eigenvalue weighted by Gasteiger charge is 2.75. The normalized spacial score (nSPS) is 42.9. The van der Waals surface area contributed by atoms with E-state index in [9.17, 15) is 15.0 Å². The fraction of sp³-hybridized carbons (Fsp3) is 0.600. The SMILES string of the molecule is CC1O[C@@H]2C[C@H]3[C@@H]4CCC5=Cc6c(cnn6-c6ccc(Br)cc6)C[C@]5(C)[C@H]4[C@@H](O)C[C@]3(C)[C@]2(C(=O)CO)O1. The third-order valence-electron chi connectivity index (χ3n) is 10.9. The first-order chi connectivity index (χ1) is 18.1. The van der Waals surface area contributed by atoms with Gasteiger partial charge in [-0.05, 0) is 98.1 Å². The molecule has 7 nitrogen and oxygen atoms in total. The molecule has 1 saturated heterocycles. The minimum absolute atomic E-state index is 0.0716. The molecule has 202 valence electrons. The summed E-state index contributed by atoms with van der Waals surface area (Å²) < 4.78 is 15.5. The third kappa shape index (κ3) is 3.10. The average molecular weight is 584 g/mol. The smallest absolute Gasteiger partial charge is 0.193 e. The van der Waals surface area contributed by atoms with Gasteiger partial charge >= 0.3 is 0 Å². The number of benzene rings is 1. The number of hydrogen-bond acceptors (Lipinski definition) is 6. The lowest BCUT2D eigenvalue weighted by Crippen LogP contribution is -2.63. The standard InChI is InChI=1S/C30H35BrN2O5/c1-16-37-26-11-22-21-9-4-18-10-23-17(14-32-33(23)20-7-5-19(31)6-8-20)12-28(18,2)27(21)24(35)13-29(22,3)30(26,38-16)25(36)15-34/h5-8,10,14,16,21-22,24,26-27,34-35H,4,9,11-13,15H2,1-3H3/t16?,21-,22-,24-,26+,27+,28-,29-,30+/m0/s1. The Morgan fingerprint density at radius 3 is 2.76 bits per heavy atom. The summed E-state index contributed by atoms with van der Waals surface area (Å²) in [4.78, 5) is 13.3. The predicted octanol–water partition coefficient (Wildman–Crippen LogP) is 4.46. The van der Waals surface area contributed by atoms with Crippen molar-refractivity contribution in [3.8, 4) is 5.69 Å². The summed E-state index contributed by atoms with van der Waals surface area (Å²) in [6.45, 7) is 5.66. The van der Waals surface area contributed by atoms with Crippen LogP contribution in [0.5, 0.6) is 0 Å². The second kappa shape index (κ2) is 8.33. The molecule has 0 bridgehead atoms. The molecule has 0 radical (unpaired) electrons. The van der Waals surface area contributed by atoms with Gasteiger partial charge < -0.3 is 19.7 Å². The van der Waals surface area contributed by atoms with Crippen LogP contribution in [0.15, 0.2) is 40.5 Å². The highest BCUT2D eigenvalue weighted by molar-refractivity contribution is 9.10. The number of ketones is 1. The maximum absolute atomic E-state index is 13.3. The molecule has 1 aliphatic heterocycles. The van der Waals surface area contributed by atoms with Crippen LogP contribution in [0, 0.1) is 28.6 Å². The maximum Gasteiger partial charge on any atom is 0.193 e. The van der Waals surface area contributed by atoms with Gasteiger partial charge in [-0.15, -0.1) is 0 Å². The first-order valence-electron chi connectivity index (χ1n) is 13.8. The van der Waals surface area contributed by atoms with Gasteiger partial charge in [-0.2, -0.15) is 5.10 Å². The molecule has 0 spiro atoms. The lowest BCUT2D eigenvalue weighted by atomic mass is 9.45. The lowest BCUT2D eigenvalue weighted by Gasteiger charge is -2.60. The zero-order chi connectivity index (χ0) is 26.6. The number of Topliss-reactive ketones (excluding diaryl/α,β-unsaturated/α-hetero) is 1. The number of rotatable bonds is 3. The molecule has 2 aromatic rings. The highest BCUT2D eigenvalue weighted by Crippen LogP contribution is 2.70. The van der Waals surface area contributed by atoms with Crippen molar-refractivity contribution in [1.82, 2.24) is 9.78 Å². The zero-order valence-electron chi connectivity index (χ0n) is 22.1. The second-order valence-electron chi connectivity index (χ2n) is 12.6. The molecule has 1 unspecified atom stereocenters. The third-order valence-corrected chi connectivity index (χ3v) is 11.5. The Labute approximate surface area is 231 Å². The molecule has 1 aromatic carbocycles. The molecule has 0 amide bonds.